The summed E-state index contributed by atoms with van der Waals surface area (Å²) in [7, 11) is 3.90. The highest BCUT2D eigenvalue weighted by molar-refractivity contribution is 6.17. The molecule has 28 heavy (non-hydrogen) atoms. The number of amides is 1. The number of anilines is 2. The molecule has 1 aliphatic heterocycles. The van der Waals surface area contributed by atoms with Crippen LogP contribution in [0.1, 0.15) is 32.4 Å². The van der Waals surface area contributed by atoms with Crippen molar-refractivity contribution >= 4 is 23.1 Å². The highest BCUT2D eigenvalue weighted by Crippen LogP contribution is 2.43. The third kappa shape index (κ3) is 3.40. The van der Waals surface area contributed by atoms with Crippen LogP contribution < -0.4 is 9.80 Å². The Labute approximate surface area is 165 Å². The summed E-state index contributed by atoms with van der Waals surface area (Å²) in [6, 6.07) is 16.1. The number of hydrogen-bond acceptors (Lipinski definition) is 4. The van der Waals surface area contributed by atoms with Crippen molar-refractivity contribution in [3.63, 3.8) is 0 Å². The molecule has 0 fully saturated rings. The van der Waals surface area contributed by atoms with Crippen molar-refractivity contribution in [3.05, 3.63) is 71.5 Å². The summed E-state index contributed by atoms with van der Waals surface area (Å²) >= 11 is 0. The zero-order chi connectivity index (χ0) is 20.6. The molecule has 1 unspecified atom stereocenters. The quantitative estimate of drug-likeness (QED) is 0.863. The summed E-state index contributed by atoms with van der Waals surface area (Å²) in [5.74, 6) is -1.26. The minimum Gasteiger partial charge on any atom is -0.503 e. The Balaban J connectivity index is 2.17. The summed E-state index contributed by atoms with van der Waals surface area (Å²) in [4.78, 5) is 29.6. The number of rotatable bonds is 4. The molecule has 3 rings (SSSR count). The molecule has 0 bridgehead atoms. The third-order valence-electron chi connectivity index (χ3n) is 4.89. The fourth-order valence-electron chi connectivity index (χ4n) is 3.37. The topological polar surface area (TPSA) is 60.9 Å². The molecule has 1 amide bonds. The van der Waals surface area contributed by atoms with E-state index in [9.17, 15) is 14.7 Å². The number of aliphatic hydroxyl groups is 1. The van der Waals surface area contributed by atoms with E-state index in [0.717, 1.165) is 11.3 Å². The van der Waals surface area contributed by atoms with Crippen molar-refractivity contribution in [2.24, 2.45) is 5.41 Å². The van der Waals surface area contributed by atoms with E-state index in [-0.39, 0.29) is 11.4 Å². The van der Waals surface area contributed by atoms with Gasteiger partial charge in [-0.25, -0.2) is 0 Å². The molecule has 0 spiro atoms. The van der Waals surface area contributed by atoms with E-state index in [2.05, 4.69) is 0 Å². The fraction of sp³-hybridized carbons (Fsp3) is 0.304. The molecule has 5 heteroatoms. The first-order valence-corrected chi connectivity index (χ1v) is 9.26. The molecule has 0 aromatic heterocycles. The average Bonchev–Trinajstić information content (AvgIpc) is 2.92. The van der Waals surface area contributed by atoms with Crippen molar-refractivity contribution in [2.45, 2.75) is 26.8 Å². The zero-order valence-electron chi connectivity index (χ0n) is 16.9. The van der Waals surface area contributed by atoms with Gasteiger partial charge in [0.05, 0.1) is 11.6 Å². The number of carbonyl (C=O) groups excluding carboxylic acids is 2. The van der Waals surface area contributed by atoms with E-state index < -0.39 is 23.1 Å². The van der Waals surface area contributed by atoms with E-state index in [1.54, 1.807) is 32.9 Å². The first-order chi connectivity index (χ1) is 13.1. The minimum atomic E-state index is -0.724. The highest BCUT2D eigenvalue weighted by atomic mass is 16.3. The highest BCUT2D eigenvalue weighted by Gasteiger charge is 2.46. The van der Waals surface area contributed by atoms with Gasteiger partial charge in [0.15, 0.2) is 11.5 Å². The largest absolute Gasteiger partial charge is 0.503 e. The van der Waals surface area contributed by atoms with Crippen LogP contribution in [0.25, 0.3) is 0 Å². The number of hydrogen-bond donors (Lipinski definition) is 1. The van der Waals surface area contributed by atoms with Gasteiger partial charge in [0.25, 0.3) is 5.91 Å². The van der Waals surface area contributed by atoms with Crippen LogP contribution in [-0.2, 0) is 9.59 Å². The van der Waals surface area contributed by atoms with Gasteiger partial charge in [0, 0.05) is 30.9 Å². The molecule has 1 atom stereocenters. The molecular formula is C23H26N2O3. The van der Waals surface area contributed by atoms with Gasteiger partial charge >= 0.3 is 0 Å². The number of carbonyl (C=O) groups is 2. The van der Waals surface area contributed by atoms with Crippen LogP contribution in [0.2, 0.25) is 0 Å². The minimum absolute atomic E-state index is 0.152. The van der Waals surface area contributed by atoms with Gasteiger partial charge < -0.3 is 10.0 Å². The van der Waals surface area contributed by atoms with Crippen LogP contribution in [0.5, 0.6) is 0 Å². The van der Waals surface area contributed by atoms with Crippen LogP contribution >= 0.6 is 0 Å². The van der Waals surface area contributed by atoms with Gasteiger partial charge in [0.2, 0.25) is 0 Å². The standard InChI is InChI=1S/C23H26N2O3/c1-23(2,3)21(27)18-19(15-11-13-16(14-12-15)24(4)5)25(22(28)20(18)26)17-9-7-6-8-10-17/h6-14,19,26H,1-5H3. The molecule has 1 heterocycles. The predicted molar refractivity (Wildman–Crippen MR) is 112 cm³/mol. The van der Waals surface area contributed by atoms with Crippen molar-refractivity contribution in [1.82, 2.24) is 0 Å². The van der Waals surface area contributed by atoms with Crippen molar-refractivity contribution in [3.8, 4) is 0 Å². The van der Waals surface area contributed by atoms with Crippen LogP contribution in [0, 0.1) is 5.41 Å². The molecule has 0 aliphatic carbocycles. The number of para-hydroxylation sites is 1. The van der Waals surface area contributed by atoms with Gasteiger partial charge in [0.1, 0.15) is 0 Å². The molecule has 2 aromatic rings. The number of benzene rings is 2. The van der Waals surface area contributed by atoms with Gasteiger partial charge in [-0.05, 0) is 29.8 Å². The third-order valence-corrected chi connectivity index (χ3v) is 4.89. The molecule has 146 valence electrons. The van der Waals surface area contributed by atoms with E-state index >= 15 is 0 Å². The summed E-state index contributed by atoms with van der Waals surface area (Å²) in [6.45, 7) is 5.37. The Hall–Kier alpha value is -3.08. The van der Waals surface area contributed by atoms with Crippen LogP contribution in [-0.4, -0.2) is 30.9 Å². The number of aliphatic hydroxyl groups excluding tert-OH is 1. The lowest BCUT2D eigenvalue weighted by Gasteiger charge is -2.29. The Bertz CT molecular complexity index is 923. The van der Waals surface area contributed by atoms with Crippen molar-refractivity contribution < 1.29 is 14.7 Å². The Morgan fingerprint density at radius 1 is 1.00 bits per heavy atom. The van der Waals surface area contributed by atoms with Gasteiger partial charge in [-0.1, -0.05) is 51.1 Å². The SMILES string of the molecule is CN(C)c1ccc(C2C(C(=O)C(C)(C)C)=C(O)C(=O)N2c2ccccc2)cc1. The Morgan fingerprint density at radius 2 is 1.57 bits per heavy atom. The normalized spacial score (nSPS) is 17.2. The molecule has 1 N–H and O–H groups in total. The summed E-state index contributed by atoms with van der Waals surface area (Å²) in [6.07, 6.45) is 0. The van der Waals surface area contributed by atoms with Gasteiger partial charge in [-0.2, -0.15) is 0 Å². The maximum atomic E-state index is 13.2. The molecule has 5 nitrogen and oxygen atoms in total. The fourth-order valence-corrected chi connectivity index (χ4v) is 3.37. The lowest BCUT2D eigenvalue weighted by Crippen LogP contribution is -2.32. The Morgan fingerprint density at radius 3 is 2.07 bits per heavy atom. The lowest BCUT2D eigenvalue weighted by molar-refractivity contribution is -0.123. The maximum absolute atomic E-state index is 13.2. The molecule has 0 saturated carbocycles. The number of ketones is 1. The molecule has 1 aliphatic rings. The first kappa shape index (κ1) is 19.7. The molecule has 0 saturated heterocycles. The number of nitrogens with zero attached hydrogens (tertiary/aromatic N) is 2. The lowest BCUT2D eigenvalue weighted by atomic mass is 9.82. The summed E-state index contributed by atoms with van der Waals surface area (Å²) < 4.78 is 0. The molecule has 2 aromatic carbocycles. The van der Waals surface area contributed by atoms with Gasteiger partial charge in [-0.15, -0.1) is 0 Å². The smallest absolute Gasteiger partial charge is 0.294 e. The van der Waals surface area contributed by atoms with Crippen molar-refractivity contribution in [1.29, 1.82) is 0 Å². The van der Waals surface area contributed by atoms with Crippen LogP contribution in [0.4, 0.5) is 11.4 Å². The maximum Gasteiger partial charge on any atom is 0.294 e. The second-order valence-electron chi connectivity index (χ2n) is 8.24. The monoisotopic (exact) mass is 378 g/mol. The average molecular weight is 378 g/mol. The predicted octanol–water partition coefficient (Wildman–Crippen LogP) is 4.27. The summed E-state index contributed by atoms with van der Waals surface area (Å²) in [5.41, 5.74) is 1.85. The van der Waals surface area contributed by atoms with E-state index in [0.29, 0.717) is 5.69 Å². The zero-order valence-corrected chi connectivity index (χ0v) is 16.9. The van der Waals surface area contributed by atoms with Crippen LogP contribution in [0.3, 0.4) is 0 Å². The second kappa shape index (κ2) is 7.15. The van der Waals surface area contributed by atoms with Crippen LogP contribution in [0.15, 0.2) is 65.9 Å². The summed E-state index contributed by atoms with van der Waals surface area (Å²) in [5, 5.41) is 10.7. The number of Topliss-reactive ketones (excluding diaryl/α,β-unsaturated/α-hetero) is 1. The van der Waals surface area contributed by atoms with E-state index in [4.69, 9.17) is 0 Å². The van der Waals surface area contributed by atoms with E-state index in [1.807, 2.05) is 61.5 Å². The second-order valence-corrected chi connectivity index (χ2v) is 8.24. The Kier molecular flexibility index (Phi) is 5.02. The first-order valence-electron chi connectivity index (χ1n) is 9.26. The van der Waals surface area contributed by atoms with Gasteiger partial charge in [-0.3, -0.25) is 14.5 Å². The van der Waals surface area contributed by atoms with E-state index in [1.165, 1.54) is 4.90 Å². The molecule has 0 radical (unpaired) electrons. The molecular weight excluding hydrogens is 352 g/mol. The van der Waals surface area contributed by atoms with Crippen molar-refractivity contribution in [2.75, 3.05) is 23.9 Å².